The van der Waals surface area contributed by atoms with Gasteiger partial charge < -0.3 is 23.9 Å². The van der Waals surface area contributed by atoms with Gasteiger partial charge in [0, 0.05) is 38.4 Å². The van der Waals surface area contributed by atoms with E-state index in [4.69, 9.17) is 18.6 Å². The van der Waals surface area contributed by atoms with Crippen LogP contribution in [0.15, 0.2) is 53.1 Å². The van der Waals surface area contributed by atoms with Crippen molar-refractivity contribution in [2.45, 2.75) is 20.0 Å². The first-order valence-electron chi connectivity index (χ1n) is 11.9. The smallest absolute Gasteiger partial charge is 0.277 e. The van der Waals surface area contributed by atoms with Gasteiger partial charge in [-0.25, -0.2) is 4.98 Å². The fourth-order valence-corrected chi connectivity index (χ4v) is 4.13. The van der Waals surface area contributed by atoms with Crippen LogP contribution in [0.1, 0.15) is 27.5 Å². The molecule has 9 heteroatoms. The van der Waals surface area contributed by atoms with E-state index in [0.717, 1.165) is 67.7 Å². The molecule has 2 aliphatic heterocycles. The number of hydrogen-bond donors (Lipinski definition) is 1. The second-order valence-corrected chi connectivity index (χ2v) is 8.80. The van der Waals surface area contributed by atoms with Gasteiger partial charge in [0.2, 0.25) is 12.7 Å². The van der Waals surface area contributed by atoms with Crippen LogP contribution in [-0.4, -0.2) is 66.9 Å². The van der Waals surface area contributed by atoms with Crippen LogP contribution in [0.25, 0.3) is 0 Å². The number of oxazole rings is 1. The zero-order chi connectivity index (χ0) is 24.0. The van der Waals surface area contributed by atoms with Crippen LogP contribution < -0.4 is 14.8 Å². The summed E-state index contributed by atoms with van der Waals surface area (Å²) in [5, 5.41) is 2.86. The molecule has 0 radical (unpaired) electrons. The maximum atomic E-state index is 12.6. The van der Waals surface area contributed by atoms with Crippen molar-refractivity contribution in [3.05, 3.63) is 71.4 Å². The van der Waals surface area contributed by atoms with Crippen LogP contribution in [-0.2, 0) is 17.8 Å². The van der Waals surface area contributed by atoms with E-state index in [2.05, 4.69) is 20.1 Å². The molecule has 1 amide bonds. The third-order valence-corrected chi connectivity index (χ3v) is 6.13. The monoisotopic (exact) mass is 478 g/mol. The summed E-state index contributed by atoms with van der Waals surface area (Å²) in [5.74, 6) is 1.74. The van der Waals surface area contributed by atoms with E-state index < -0.39 is 0 Å². The Morgan fingerprint density at radius 3 is 2.69 bits per heavy atom. The minimum atomic E-state index is -0.292. The number of carbonyl (C=O) groups is 1. The summed E-state index contributed by atoms with van der Waals surface area (Å²) in [6.07, 6.45) is 1.42. The van der Waals surface area contributed by atoms with Gasteiger partial charge >= 0.3 is 0 Å². The molecule has 2 aliphatic rings. The standard InChI is InChI=1S/C26H30N4O5/c1-19-2-5-21(6-3-19)27-26(31)22-17-33-25(28-22)16-30(9-8-29-10-12-32-13-11-29)15-20-4-7-23-24(14-20)35-18-34-23/h2-7,14,17H,8-13,15-16,18H2,1H3,(H,27,31). The maximum Gasteiger partial charge on any atom is 0.277 e. The summed E-state index contributed by atoms with van der Waals surface area (Å²) < 4.78 is 22.1. The number of nitrogens with one attached hydrogen (secondary N) is 1. The van der Waals surface area contributed by atoms with Crippen molar-refractivity contribution in [3.63, 3.8) is 0 Å². The summed E-state index contributed by atoms with van der Waals surface area (Å²) in [6.45, 7) is 8.55. The van der Waals surface area contributed by atoms with Crippen molar-refractivity contribution in [2.75, 3.05) is 51.5 Å². The van der Waals surface area contributed by atoms with E-state index in [1.165, 1.54) is 6.26 Å². The van der Waals surface area contributed by atoms with Crippen LogP contribution in [0, 0.1) is 6.92 Å². The van der Waals surface area contributed by atoms with Gasteiger partial charge in [-0.15, -0.1) is 0 Å². The number of ether oxygens (including phenoxy) is 3. The first-order chi connectivity index (χ1) is 17.1. The van der Waals surface area contributed by atoms with Gasteiger partial charge in [-0.2, -0.15) is 0 Å². The molecule has 0 unspecified atom stereocenters. The molecular formula is C26H30N4O5. The number of amides is 1. The highest BCUT2D eigenvalue weighted by Crippen LogP contribution is 2.33. The van der Waals surface area contributed by atoms with Gasteiger partial charge in [-0.3, -0.25) is 14.6 Å². The number of aryl methyl sites for hydroxylation is 1. The van der Waals surface area contributed by atoms with E-state index in [1.807, 2.05) is 49.4 Å². The molecule has 9 nitrogen and oxygen atoms in total. The highest BCUT2D eigenvalue weighted by molar-refractivity contribution is 6.02. The molecule has 5 rings (SSSR count). The van der Waals surface area contributed by atoms with Crippen molar-refractivity contribution >= 4 is 11.6 Å². The zero-order valence-corrected chi connectivity index (χ0v) is 19.9. The lowest BCUT2D eigenvalue weighted by atomic mass is 10.2. The summed E-state index contributed by atoms with van der Waals surface area (Å²) >= 11 is 0. The van der Waals surface area contributed by atoms with Gasteiger partial charge in [0.25, 0.3) is 5.91 Å². The van der Waals surface area contributed by atoms with Gasteiger partial charge in [0.05, 0.1) is 19.8 Å². The Balaban J connectivity index is 1.25. The largest absolute Gasteiger partial charge is 0.454 e. The molecule has 1 fully saturated rings. The number of nitrogens with zero attached hydrogens (tertiary/aromatic N) is 3. The second kappa shape index (κ2) is 10.9. The van der Waals surface area contributed by atoms with Crippen molar-refractivity contribution < 1.29 is 23.4 Å². The normalized spacial score (nSPS) is 15.5. The zero-order valence-electron chi connectivity index (χ0n) is 19.9. The minimum Gasteiger partial charge on any atom is -0.454 e. The molecule has 0 bridgehead atoms. The molecule has 3 aromatic rings. The number of fused-ring (bicyclic) bond motifs is 1. The number of aromatic nitrogens is 1. The highest BCUT2D eigenvalue weighted by atomic mass is 16.7. The minimum absolute atomic E-state index is 0.253. The van der Waals surface area contributed by atoms with E-state index in [0.29, 0.717) is 19.0 Å². The second-order valence-electron chi connectivity index (χ2n) is 8.80. The number of morpholine rings is 1. The molecule has 1 saturated heterocycles. The topological polar surface area (TPSA) is 89.3 Å². The van der Waals surface area contributed by atoms with Gasteiger partial charge in [-0.05, 0) is 36.8 Å². The van der Waals surface area contributed by atoms with E-state index in [-0.39, 0.29) is 18.4 Å². The molecule has 184 valence electrons. The Morgan fingerprint density at radius 2 is 1.86 bits per heavy atom. The van der Waals surface area contributed by atoms with E-state index in [9.17, 15) is 4.79 Å². The SMILES string of the molecule is Cc1ccc(NC(=O)c2coc(CN(CCN3CCOCC3)Cc3ccc4c(c3)OCO4)n2)cc1. The Hall–Kier alpha value is -3.40. The third kappa shape index (κ3) is 6.19. The number of rotatable bonds is 9. The Morgan fingerprint density at radius 1 is 1.06 bits per heavy atom. The summed E-state index contributed by atoms with van der Waals surface area (Å²) in [5.41, 5.74) is 3.23. The van der Waals surface area contributed by atoms with Crippen LogP contribution in [0.2, 0.25) is 0 Å². The maximum absolute atomic E-state index is 12.6. The van der Waals surface area contributed by atoms with Crippen molar-refractivity contribution in [2.24, 2.45) is 0 Å². The third-order valence-electron chi connectivity index (χ3n) is 6.13. The molecule has 2 aromatic carbocycles. The average molecular weight is 479 g/mol. The van der Waals surface area contributed by atoms with Crippen LogP contribution in [0.3, 0.4) is 0 Å². The Labute approximate surface area is 204 Å². The molecule has 3 heterocycles. The van der Waals surface area contributed by atoms with Gasteiger partial charge in [-0.1, -0.05) is 23.8 Å². The number of benzene rings is 2. The number of anilines is 1. The predicted molar refractivity (Wildman–Crippen MR) is 130 cm³/mol. The average Bonchev–Trinajstić information content (AvgIpc) is 3.54. The lowest BCUT2D eigenvalue weighted by Crippen LogP contribution is -2.41. The summed E-state index contributed by atoms with van der Waals surface area (Å²) in [6, 6.07) is 13.6. The van der Waals surface area contributed by atoms with Gasteiger partial charge in [0.15, 0.2) is 17.2 Å². The molecule has 0 aliphatic carbocycles. The first-order valence-corrected chi connectivity index (χ1v) is 11.9. The first kappa shape index (κ1) is 23.3. The highest BCUT2D eigenvalue weighted by Gasteiger charge is 2.19. The summed E-state index contributed by atoms with van der Waals surface area (Å²) in [7, 11) is 0. The molecule has 0 saturated carbocycles. The molecule has 1 aromatic heterocycles. The van der Waals surface area contributed by atoms with E-state index >= 15 is 0 Å². The fourth-order valence-electron chi connectivity index (χ4n) is 4.13. The quantitative estimate of drug-likeness (QED) is 0.501. The Kier molecular flexibility index (Phi) is 7.27. The lowest BCUT2D eigenvalue weighted by Gasteiger charge is -2.29. The fraction of sp³-hybridized carbons (Fsp3) is 0.385. The lowest BCUT2D eigenvalue weighted by molar-refractivity contribution is 0.0320. The predicted octanol–water partition coefficient (Wildman–Crippen LogP) is 3.30. The molecule has 0 atom stereocenters. The molecule has 0 spiro atoms. The van der Waals surface area contributed by atoms with Crippen molar-refractivity contribution in [3.8, 4) is 11.5 Å². The molecule has 35 heavy (non-hydrogen) atoms. The van der Waals surface area contributed by atoms with Gasteiger partial charge in [0.1, 0.15) is 6.26 Å². The van der Waals surface area contributed by atoms with E-state index in [1.54, 1.807) is 0 Å². The summed E-state index contributed by atoms with van der Waals surface area (Å²) in [4.78, 5) is 21.8. The molecule has 1 N–H and O–H groups in total. The van der Waals surface area contributed by atoms with Crippen molar-refractivity contribution in [1.29, 1.82) is 0 Å². The van der Waals surface area contributed by atoms with Crippen LogP contribution in [0.5, 0.6) is 11.5 Å². The number of hydrogen-bond acceptors (Lipinski definition) is 8. The van der Waals surface area contributed by atoms with Crippen LogP contribution in [0.4, 0.5) is 5.69 Å². The number of carbonyl (C=O) groups excluding carboxylic acids is 1. The molecular weight excluding hydrogens is 448 g/mol. The van der Waals surface area contributed by atoms with Crippen molar-refractivity contribution in [1.82, 2.24) is 14.8 Å². The Bertz CT molecular complexity index is 1140. The van der Waals surface area contributed by atoms with Crippen LogP contribution >= 0.6 is 0 Å².